The van der Waals surface area contributed by atoms with Gasteiger partial charge in [0.15, 0.2) is 5.82 Å². The molecule has 0 radical (unpaired) electrons. The molecule has 3 nitrogen and oxygen atoms in total. The molecule has 0 aliphatic rings. The number of nitrogens with one attached hydrogen (secondary N) is 1. The molecule has 0 unspecified atom stereocenters. The number of halogens is 1. The van der Waals surface area contributed by atoms with Crippen LogP contribution in [0.2, 0.25) is 5.02 Å². The zero-order valence-electron chi connectivity index (χ0n) is 12.4. The maximum absolute atomic E-state index is 6.01. The molecular weight excluding hydrogens is 270 g/mol. The quantitative estimate of drug-likeness (QED) is 0.906. The first-order valence-corrected chi connectivity index (χ1v) is 7.32. The molecule has 0 atom stereocenters. The Hall–Kier alpha value is -1.61. The summed E-state index contributed by atoms with van der Waals surface area (Å²) in [6.45, 7) is 9.11. The third-order valence-corrected chi connectivity index (χ3v) is 3.58. The van der Waals surface area contributed by atoms with Gasteiger partial charge < -0.3 is 5.32 Å². The molecule has 0 spiro atoms. The highest BCUT2D eigenvalue weighted by atomic mass is 35.5. The second kappa shape index (κ2) is 6.23. The average molecular weight is 290 g/mol. The van der Waals surface area contributed by atoms with Crippen LogP contribution in [0, 0.1) is 13.8 Å². The standard InChI is InChI=1S/C16H20ClN3/c1-5-13-11(4)19-16(20-15(13)18-6-2)14-8-7-12(17)9-10(14)3/h7-9H,5-6H2,1-4H3,(H,18,19,20). The van der Waals surface area contributed by atoms with Crippen molar-refractivity contribution in [2.45, 2.75) is 34.1 Å². The summed E-state index contributed by atoms with van der Waals surface area (Å²) in [6, 6.07) is 5.80. The molecule has 0 aliphatic heterocycles. The number of anilines is 1. The van der Waals surface area contributed by atoms with Gasteiger partial charge in [0.25, 0.3) is 0 Å². The predicted octanol–water partition coefficient (Wildman–Crippen LogP) is 4.41. The summed E-state index contributed by atoms with van der Waals surface area (Å²) in [6.07, 6.45) is 0.925. The molecule has 0 aliphatic carbocycles. The third-order valence-electron chi connectivity index (χ3n) is 3.34. The highest BCUT2D eigenvalue weighted by Gasteiger charge is 2.12. The first-order chi connectivity index (χ1) is 9.56. The van der Waals surface area contributed by atoms with Crippen LogP contribution >= 0.6 is 11.6 Å². The fourth-order valence-electron chi connectivity index (χ4n) is 2.33. The zero-order valence-corrected chi connectivity index (χ0v) is 13.2. The van der Waals surface area contributed by atoms with Crippen LogP contribution < -0.4 is 5.32 Å². The monoisotopic (exact) mass is 289 g/mol. The van der Waals surface area contributed by atoms with Gasteiger partial charge in [0.05, 0.1) is 0 Å². The fraction of sp³-hybridized carbons (Fsp3) is 0.375. The Morgan fingerprint density at radius 2 is 1.90 bits per heavy atom. The van der Waals surface area contributed by atoms with Gasteiger partial charge in [-0.05, 0) is 51.0 Å². The second-order valence-electron chi connectivity index (χ2n) is 4.80. The highest BCUT2D eigenvalue weighted by Crippen LogP contribution is 2.26. The number of hydrogen-bond acceptors (Lipinski definition) is 3. The molecule has 0 saturated carbocycles. The van der Waals surface area contributed by atoms with E-state index >= 15 is 0 Å². The van der Waals surface area contributed by atoms with Crippen LogP contribution in [0.15, 0.2) is 18.2 Å². The number of aryl methyl sites for hydroxylation is 2. The van der Waals surface area contributed by atoms with Crippen LogP contribution in [0.1, 0.15) is 30.7 Å². The molecule has 0 bridgehead atoms. The zero-order chi connectivity index (χ0) is 14.7. The average Bonchev–Trinajstić information content (AvgIpc) is 2.38. The van der Waals surface area contributed by atoms with Crippen molar-refractivity contribution in [3.63, 3.8) is 0 Å². The van der Waals surface area contributed by atoms with Crippen molar-refractivity contribution in [2.24, 2.45) is 0 Å². The summed E-state index contributed by atoms with van der Waals surface area (Å²) >= 11 is 6.01. The molecule has 0 saturated heterocycles. The van der Waals surface area contributed by atoms with Crippen molar-refractivity contribution in [3.05, 3.63) is 40.0 Å². The second-order valence-corrected chi connectivity index (χ2v) is 5.24. The van der Waals surface area contributed by atoms with Crippen LogP contribution in [0.5, 0.6) is 0 Å². The minimum absolute atomic E-state index is 0.736. The molecular formula is C16H20ClN3. The van der Waals surface area contributed by atoms with Gasteiger partial charge in [-0.1, -0.05) is 18.5 Å². The molecule has 4 heteroatoms. The minimum atomic E-state index is 0.736. The lowest BCUT2D eigenvalue weighted by atomic mass is 10.1. The van der Waals surface area contributed by atoms with E-state index in [1.807, 2.05) is 32.0 Å². The van der Waals surface area contributed by atoms with Crippen LogP contribution in [-0.2, 0) is 6.42 Å². The number of rotatable bonds is 4. The van der Waals surface area contributed by atoms with Crippen LogP contribution in [-0.4, -0.2) is 16.5 Å². The highest BCUT2D eigenvalue weighted by molar-refractivity contribution is 6.30. The third kappa shape index (κ3) is 2.93. The van der Waals surface area contributed by atoms with Crippen LogP contribution in [0.25, 0.3) is 11.4 Å². The van der Waals surface area contributed by atoms with Crippen LogP contribution in [0.4, 0.5) is 5.82 Å². The summed E-state index contributed by atoms with van der Waals surface area (Å²) in [4.78, 5) is 9.34. The van der Waals surface area contributed by atoms with E-state index < -0.39 is 0 Å². The van der Waals surface area contributed by atoms with Crippen molar-refractivity contribution < 1.29 is 0 Å². The van der Waals surface area contributed by atoms with Gasteiger partial charge >= 0.3 is 0 Å². The summed E-state index contributed by atoms with van der Waals surface area (Å²) in [5.74, 6) is 1.69. The van der Waals surface area contributed by atoms with Crippen molar-refractivity contribution in [2.75, 3.05) is 11.9 Å². The van der Waals surface area contributed by atoms with Crippen molar-refractivity contribution >= 4 is 17.4 Å². The SMILES string of the molecule is CCNc1nc(-c2ccc(Cl)cc2C)nc(C)c1CC. The van der Waals surface area contributed by atoms with E-state index in [4.69, 9.17) is 11.6 Å². The van der Waals surface area contributed by atoms with E-state index in [0.717, 1.165) is 46.5 Å². The number of nitrogens with zero attached hydrogens (tertiary/aromatic N) is 2. The Labute approximate surface area is 125 Å². The molecule has 1 aromatic heterocycles. The topological polar surface area (TPSA) is 37.8 Å². The first-order valence-electron chi connectivity index (χ1n) is 6.94. The normalized spacial score (nSPS) is 10.7. The molecule has 2 aromatic rings. The number of benzene rings is 1. The lowest BCUT2D eigenvalue weighted by Crippen LogP contribution is -2.08. The Morgan fingerprint density at radius 1 is 1.15 bits per heavy atom. The summed E-state index contributed by atoms with van der Waals surface area (Å²) in [5.41, 5.74) is 4.33. The van der Waals surface area contributed by atoms with Gasteiger partial charge in [0, 0.05) is 28.4 Å². The Morgan fingerprint density at radius 3 is 2.50 bits per heavy atom. The Kier molecular flexibility index (Phi) is 4.61. The maximum Gasteiger partial charge on any atom is 0.162 e. The number of aromatic nitrogens is 2. The molecule has 1 aromatic carbocycles. The predicted molar refractivity (Wildman–Crippen MR) is 85.5 cm³/mol. The van der Waals surface area contributed by atoms with Gasteiger partial charge in [-0.2, -0.15) is 0 Å². The minimum Gasteiger partial charge on any atom is -0.370 e. The summed E-state index contributed by atoms with van der Waals surface area (Å²) in [7, 11) is 0. The van der Waals surface area contributed by atoms with E-state index in [0.29, 0.717) is 0 Å². The van der Waals surface area contributed by atoms with Crippen molar-refractivity contribution in [3.8, 4) is 11.4 Å². The summed E-state index contributed by atoms with van der Waals surface area (Å²) in [5, 5.41) is 4.07. The Balaban J connectivity index is 2.57. The smallest absolute Gasteiger partial charge is 0.162 e. The number of hydrogen-bond donors (Lipinski definition) is 1. The first kappa shape index (κ1) is 14.8. The van der Waals surface area contributed by atoms with E-state index in [1.54, 1.807) is 0 Å². The van der Waals surface area contributed by atoms with E-state index in [2.05, 4.69) is 29.1 Å². The molecule has 20 heavy (non-hydrogen) atoms. The molecule has 1 N–H and O–H groups in total. The van der Waals surface area contributed by atoms with Gasteiger partial charge in [0.2, 0.25) is 0 Å². The largest absolute Gasteiger partial charge is 0.370 e. The molecule has 2 rings (SSSR count). The van der Waals surface area contributed by atoms with Gasteiger partial charge in [-0.3, -0.25) is 0 Å². The van der Waals surface area contributed by atoms with Gasteiger partial charge in [-0.25, -0.2) is 9.97 Å². The molecule has 0 fully saturated rings. The van der Waals surface area contributed by atoms with Crippen molar-refractivity contribution in [1.29, 1.82) is 0 Å². The van der Waals surface area contributed by atoms with Gasteiger partial charge in [-0.15, -0.1) is 0 Å². The van der Waals surface area contributed by atoms with E-state index in [1.165, 1.54) is 5.56 Å². The van der Waals surface area contributed by atoms with Crippen LogP contribution in [0.3, 0.4) is 0 Å². The van der Waals surface area contributed by atoms with E-state index in [9.17, 15) is 0 Å². The van der Waals surface area contributed by atoms with E-state index in [-0.39, 0.29) is 0 Å². The summed E-state index contributed by atoms with van der Waals surface area (Å²) < 4.78 is 0. The molecule has 0 amide bonds. The Bertz CT molecular complexity index is 623. The molecule has 106 valence electrons. The van der Waals surface area contributed by atoms with Gasteiger partial charge in [0.1, 0.15) is 5.82 Å². The lowest BCUT2D eigenvalue weighted by molar-refractivity contribution is 0.988. The van der Waals surface area contributed by atoms with Crippen molar-refractivity contribution in [1.82, 2.24) is 9.97 Å². The fourth-order valence-corrected chi connectivity index (χ4v) is 2.56. The lowest BCUT2D eigenvalue weighted by Gasteiger charge is -2.14. The maximum atomic E-state index is 6.01. The molecule has 1 heterocycles.